The van der Waals surface area contributed by atoms with Gasteiger partial charge in [0.15, 0.2) is 5.82 Å². The van der Waals surface area contributed by atoms with Gasteiger partial charge in [-0.2, -0.15) is 0 Å². The second kappa shape index (κ2) is 7.11. The first-order valence-electron chi connectivity index (χ1n) is 8.55. The van der Waals surface area contributed by atoms with Crippen molar-refractivity contribution in [3.63, 3.8) is 0 Å². The van der Waals surface area contributed by atoms with E-state index in [9.17, 15) is 4.39 Å². The van der Waals surface area contributed by atoms with Crippen LogP contribution in [0.15, 0.2) is 55.4 Å². The number of hydrogen-bond acceptors (Lipinski definition) is 4. The first kappa shape index (κ1) is 15.9. The maximum absolute atomic E-state index is 13.0. The van der Waals surface area contributed by atoms with Gasteiger partial charge in [-0.15, -0.1) is 0 Å². The van der Waals surface area contributed by atoms with Crippen LogP contribution in [0.3, 0.4) is 0 Å². The molecule has 1 aromatic carbocycles. The van der Waals surface area contributed by atoms with E-state index in [-0.39, 0.29) is 5.82 Å². The molecule has 5 nitrogen and oxygen atoms in total. The molecule has 128 valence electrons. The number of halogens is 1. The van der Waals surface area contributed by atoms with Crippen LogP contribution < -0.4 is 0 Å². The Bertz CT molecular complexity index is 808. The molecular weight excluding hydrogens is 317 g/mol. The SMILES string of the molecule is Fc1ccc(CN2CCC(c3cncc(-n4ccnc4)n3)CC2)cc1. The van der Waals surface area contributed by atoms with E-state index in [0.29, 0.717) is 5.92 Å². The van der Waals surface area contributed by atoms with Crippen LogP contribution in [0, 0.1) is 5.82 Å². The minimum Gasteiger partial charge on any atom is -0.299 e. The minimum atomic E-state index is -0.182. The summed E-state index contributed by atoms with van der Waals surface area (Å²) in [5.41, 5.74) is 2.20. The number of rotatable bonds is 4. The Labute approximate surface area is 146 Å². The number of imidazole rings is 1. The Balaban J connectivity index is 1.38. The van der Waals surface area contributed by atoms with Gasteiger partial charge in [-0.1, -0.05) is 12.1 Å². The number of piperidine rings is 1. The van der Waals surface area contributed by atoms with E-state index in [1.807, 2.05) is 29.1 Å². The Hall–Kier alpha value is -2.60. The molecule has 0 bridgehead atoms. The fourth-order valence-corrected chi connectivity index (χ4v) is 3.32. The predicted molar refractivity (Wildman–Crippen MR) is 92.8 cm³/mol. The number of benzene rings is 1. The van der Waals surface area contributed by atoms with Crippen molar-refractivity contribution in [2.24, 2.45) is 0 Å². The van der Waals surface area contributed by atoms with Crippen molar-refractivity contribution in [1.29, 1.82) is 0 Å². The van der Waals surface area contributed by atoms with Crippen LogP contribution in [0.1, 0.15) is 30.0 Å². The zero-order chi connectivity index (χ0) is 17.1. The quantitative estimate of drug-likeness (QED) is 0.734. The second-order valence-corrected chi connectivity index (χ2v) is 6.45. The summed E-state index contributed by atoms with van der Waals surface area (Å²) in [6.45, 7) is 2.89. The van der Waals surface area contributed by atoms with E-state index < -0.39 is 0 Å². The largest absolute Gasteiger partial charge is 0.299 e. The summed E-state index contributed by atoms with van der Waals surface area (Å²) >= 11 is 0. The maximum atomic E-state index is 13.0. The Morgan fingerprint density at radius 1 is 1.04 bits per heavy atom. The van der Waals surface area contributed by atoms with Crippen molar-refractivity contribution >= 4 is 0 Å². The van der Waals surface area contributed by atoms with Gasteiger partial charge in [0.1, 0.15) is 12.1 Å². The van der Waals surface area contributed by atoms with Gasteiger partial charge in [-0.25, -0.2) is 14.4 Å². The van der Waals surface area contributed by atoms with Gasteiger partial charge in [0.05, 0.1) is 11.9 Å². The molecule has 0 amide bonds. The fraction of sp³-hybridized carbons (Fsp3) is 0.316. The van der Waals surface area contributed by atoms with Gasteiger partial charge >= 0.3 is 0 Å². The Morgan fingerprint density at radius 3 is 2.56 bits per heavy atom. The first-order chi connectivity index (χ1) is 12.3. The third kappa shape index (κ3) is 3.74. The lowest BCUT2D eigenvalue weighted by molar-refractivity contribution is 0.203. The molecule has 1 fully saturated rings. The van der Waals surface area contributed by atoms with Gasteiger partial charge in [-0.05, 0) is 43.6 Å². The molecule has 1 saturated heterocycles. The van der Waals surface area contributed by atoms with Crippen molar-refractivity contribution in [3.8, 4) is 5.82 Å². The van der Waals surface area contributed by atoms with Crippen LogP contribution in [0.4, 0.5) is 4.39 Å². The molecule has 0 unspecified atom stereocenters. The molecule has 2 aromatic heterocycles. The molecule has 25 heavy (non-hydrogen) atoms. The first-order valence-corrected chi connectivity index (χ1v) is 8.55. The molecular formula is C19H20FN5. The highest BCUT2D eigenvalue weighted by Crippen LogP contribution is 2.27. The number of hydrogen-bond donors (Lipinski definition) is 0. The Morgan fingerprint density at radius 2 is 1.84 bits per heavy atom. The lowest BCUT2D eigenvalue weighted by atomic mass is 9.93. The summed E-state index contributed by atoms with van der Waals surface area (Å²) < 4.78 is 14.9. The number of likely N-dealkylation sites (tertiary alicyclic amines) is 1. The third-order valence-electron chi connectivity index (χ3n) is 4.73. The van der Waals surface area contributed by atoms with Crippen molar-refractivity contribution in [1.82, 2.24) is 24.4 Å². The second-order valence-electron chi connectivity index (χ2n) is 6.45. The zero-order valence-electron chi connectivity index (χ0n) is 13.9. The summed E-state index contributed by atoms with van der Waals surface area (Å²) in [4.78, 5) is 15.6. The molecule has 1 aliphatic heterocycles. The van der Waals surface area contributed by atoms with Crippen molar-refractivity contribution in [2.75, 3.05) is 13.1 Å². The molecule has 0 N–H and O–H groups in total. The summed E-state index contributed by atoms with van der Waals surface area (Å²) in [7, 11) is 0. The van der Waals surface area contributed by atoms with Crippen LogP contribution in [-0.2, 0) is 6.54 Å². The van der Waals surface area contributed by atoms with E-state index in [1.54, 1.807) is 18.7 Å². The average Bonchev–Trinajstić information content (AvgIpc) is 3.19. The molecule has 0 radical (unpaired) electrons. The summed E-state index contributed by atoms with van der Waals surface area (Å²) in [5, 5.41) is 0. The van der Waals surface area contributed by atoms with Crippen LogP contribution in [0.25, 0.3) is 5.82 Å². The van der Waals surface area contributed by atoms with Gasteiger partial charge in [0.2, 0.25) is 0 Å². The topological polar surface area (TPSA) is 46.8 Å². The molecule has 4 rings (SSSR count). The molecule has 0 aliphatic carbocycles. The van der Waals surface area contributed by atoms with E-state index in [4.69, 9.17) is 4.98 Å². The molecule has 1 aliphatic rings. The summed E-state index contributed by atoms with van der Waals surface area (Å²) in [6, 6.07) is 6.78. The lowest BCUT2D eigenvalue weighted by Crippen LogP contribution is -2.32. The van der Waals surface area contributed by atoms with Gasteiger partial charge in [0.25, 0.3) is 0 Å². The van der Waals surface area contributed by atoms with Crippen molar-refractivity contribution in [2.45, 2.75) is 25.3 Å². The monoisotopic (exact) mass is 337 g/mol. The third-order valence-corrected chi connectivity index (χ3v) is 4.73. The highest BCUT2D eigenvalue weighted by atomic mass is 19.1. The van der Waals surface area contributed by atoms with Crippen LogP contribution in [0.2, 0.25) is 0 Å². The van der Waals surface area contributed by atoms with Gasteiger partial charge in [-0.3, -0.25) is 14.5 Å². The summed E-state index contributed by atoms with van der Waals surface area (Å²) in [6.07, 6.45) is 11.1. The van der Waals surface area contributed by atoms with Crippen molar-refractivity contribution in [3.05, 3.63) is 72.5 Å². The predicted octanol–water partition coefficient (Wildman–Crippen LogP) is 3.18. The molecule has 3 aromatic rings. The maximum Gasteiger partial charge on any atom is 0.156 e. The Kier molecular flexibility index (Phi) is 4.52. The van der Waals surface area contributed by atoms with E-state index in [0.717, 1.165) is 49.6 Å². The van der Waals surface area contributed by atoms with E-state index in [1.165, 1.54) is 12.1 Å². The number of aromatic nitrogens is 4. The van der Waals surface area contributed by atoms with E-state index >= 15 is 0 Å². The standard InChI is InChI=1S/C19H20FN5/c20-17-3-1-15(2-4-17)13-24-8-5-16(6-9-24)18-11-22-12-19(23-18)25-10-7-21-14-25/h1-4,7,10-12,14,16H,5-6,8-9,13H2. The zero-order valence-corrected chi connectivity index (χ0v) is 13.9. The van der Waals surface area contributed by atoms with Crippen LogP contribution >= 0.6 is 0 Å². The highest BCUT2D eigenvalue weighted by molar-refractivity contribution is 5.21. The molecule has 0 saturated carbocycles. The molecule has 0 atom stereocenters. The average molecular weight is 337 g/mol. The van der Waals surface area contributed by atoms with Crippen LogP contribution in [0.5, 0.6) is 0 Å². The molecule has 0 spiro atoms. The lowest BCUT2D eigenvalue weighted by Gasteiger charge is -2.31. The summed E-state index contributed by atoms with van der Waals surface area (Å²) in [5.74, 6) is 1.06. The smallest absolute Gasteiger partial charge is 0.156 e. The van der Waals surface area contributed by atoms with Gasteiger partial charge < -0.3 is 0 Å². The van der Waals surface area contributed by atoms with Crippen LogP contribution in [-0.4, -0.2) is 37.5 Å². The van der Waals surface area contributed by atoms with Gasteiger partial charge in [0, 0.05) is 31.1 Å². The van der Waals surface area contributed by atoms with E-state index in [2.05, 4.69) is 14.9 Å². The molecule has 6 heteroatoms. The normalized spacial score (nSPS) is 16.2. The van der Waals surface area contributed by atoms with Crippen molar-refractivity contribution < 1.29 is 4.39 Å². The number of nitrogens with zero attached hydrogens (tertiary/aromatic N) is 5. The molecule has 3 heterocycles. The minimum absolute atomic E-state index is 0.182. The fourth-order valence-electron chi connectivity index (χ4n) is 3.32. The highest BCUT2D eigenvalue weighted by Gasteiger charge is 2.22.